The molecule has 0 unspecified atom stereocenters. The SMILES string of the molecule is NC(=O)c1cc(Br)ccc1O.[2H]C([2H])(Br)C([2H])([2H])Br.[2H]C([2H])(Br)C([2H])([2H])Oc1ccc(Br)cc1C(N)=O. The average Bonchev–Trinajstić information content (AvgIpc) is 2.69. The molecule has 0 aromatic heterocycles. The summed E-state index contributed by atoms with van der Waals surface area (Å²) in [6.07, 6.45) is 0. The molecule has 11 heteroatoms. The summed E-state index contributed by atoms with van der Waals surface area (Å²) >= 11 is 13.9. The van der Waals surface area contributed by atoms with E-state index in [1.54, 1.807) is 6.07 Å². The average molecular weight is 735 g/mol. The Morgan fingerprint density at radius 1 is 0.897 bits per heavy atom. The number of rotatable bonds is 6. The Morgan fingerprint density at radius 3 is 1.79 bits per heavy atom. The molecule has 2 aromatic carbocycles. The van der Waals surface area contributed by atoms with E-state index in [1.807, 2.05) is 0 Å². The van der Waals surface area contributed by atoms with E-state index in [9.17, 15) is 9.59 Å². The van der Waals surface area contributed by atoms with Crippen molar-refractivity contribution in [2.24, 2.45) is 11.5 Å². The summed E-state index contributed by atoms with van der Waals surface area (Å²) < 4.78 is 62.6. The third kappa shape index (κ3) is 12.0. The van der Waals surface area contributed by atoms with Gasteiger partial charge in [-0.05, 0) is 36.4 Å². The smallest absolute Gasteiger partial charge is 0.252 e. The first-order valence-corrected chi connectivity index (χ1v) is 11.0. The van der Waals surface area contributed by atoms with Gasteiger partial charge in [0.25, 0.3) is 11.8 Å². The van der Waals surface area contributed by atoms with Crippen LogP contribution >= 0.6 is 79.6 Å². The molecule has 0 saturated heterocycles. The van der Waals surface area contributed by atoms with Gasteiger partial charge in [-0.3, -0.25) is 9.59 Å². The Kier molecular flexibility index (Phi) is 9.45. The summed E-state index contributed by atoms with van der Waals surface area (Å²) in [6.45, 7) is -2.66. The molecule has 0 aliphatic heterocycles. The summed E-state index contributed by atoms with van der Waals surface area (Å²) in [6, 6.07) is 8.74. The fourth-order valence-corrected chi connectivity index (χ4v) is 2.37. The Labute approximate surface area is 222 Å². The number of carbonyl (C=O) groups is 2. The molecule has 0 radical (unpaired) electrons. The second kappa shape index (κ2) is 16.1. The van der Waals surface area contributed by atoms with Gasteiger partial charge in [0.15, 0.2) is 0 Å². The Balaban J connectivity index is 0.000000580. The Morgan fingerprint density at radius 2 is 1.38 bits per heavy atom. The monoisotopic (exact) mass is 730 g/mol. The second-order valence-electron chi connectivity index (χ2n) is 4.52. The molecule has 160 valence electrons. The van der Waals surface area contributed by atoms with Crippen LogP contribution < -0.4 is 16.2 Å². The highest BCUT2D eigenvalue weighted by atomic mass is 79.9. The molecule has 0 aliphatic rings. The number of primary amides is 2. The molecule has 29 heavy (non-hydrogen) atoms. The lowest BCUT2D eigenvalue weighted by atomic mass is 10.2. The number of aromatic hydroxyl groups is 1. The van der Waals surface area contributed by atoms with Gasteiger partial charge in [-0.2, -0.15) is 0 Å². The molecule has 2 rings (SSSR count). The lowest BCUT2D eigenvalue weighted by molar-refractivity contribution is 0.0988. The number of halogens is 5. The van der Waals surface area contributed by atoms with Gasteiger partial charge in [0, 0.05) is 33.0 Å². The number of nitrogens with two attached hydrogens (primary N) is 2. The van der Waals surface area contributed by atoms with Crippen LogP contribution in [0.3, 0.4) is 0 Å². The minimum Gasteiger partial charge on any atom is -0.507 e. The predicted molar refractivity (Wildman–Crippen MR) is 134 cm³/mol. The minimum absolute atomic E-state index is 0.0370. The third-order valence-electron chi connectivity index (χ3n) is 2.67. The number of amides is 2. The number of carbonyl (C=O) groups excluding carboxylic acids is 2. The summed E-state index contributed by atoms with van der Waals surface area (Å²) in [5, 5.41) is 2.67. The first kappa shape index (κ1) is 17.0. The van der Waals surface area contributed by atoms with Crippen molar-refractivity contribution in [2.75, 3.05) is 22.4 Å². The largest absolute Gasteiger partial charge is 0.507 e. The Hall–Kier alpha value is -0.620. The van der Waals surface area contributed by atoms with Crippen molar-refractivity contribution in [3.05, 3.63) is 56.5 Å². The molecule has 0 bridgehead atoms. The molecule has 0 saturated carbocycles. The predicted octanol–water partition coefficient (Wildman–Crippen LogP) is 5.35. The molecule has 2 amide bonds. The number of phenols is 1. The van der Waals surface area contributed by atoms with Crippen LogP contribution in [0, 0.1) is 0 Å². The molecule has 2 aromatic rings. The molecule has 0 heterocycles. The summed E-state index contributed by atoms with van der Waals surface area (Å²) in [5.41, 5.74) is 10.2. The molecule has 6 nitrogen and oxygen atoms in total. The van der Waals surface area contributed by atoms with Gasteiger partial charge in [0.05, 0.1) is 20.4 Å². The lowest BCUT2D eigenvalue weighted by Gasteiger charge is -2.08. The van der Waals surface area contributed by atoms with Crippen molar-refractivity contribution in [3.8, 4) is 11.5 Å². The van der Waals surface area contributed by atoms with Crippen molar-refractivity contribution in [3.63, 3.8) is 0 Å². The van der Waals surface area contributed by atoms with Gasteiger partial charge in [0.2, 0.25) is 0 Å². The topological polar surface area (TPSA) is 116 Å². The fourth-order valence-electron chi connectivity index (χ4n) is 1.56. The van der Waals surface area contributed by atoms with E-state index >= 15 is 0 Å². The zero-order valence-electron chi connectivity index (χ0n) is 22.2. The van der Waals surface area contributed by atoms with E-state index in [1.165, 1.54) is 30.3 Å². The Bertz CT molecular complexity index is 1100. The maximum absolute atomic E-state index is 11.2. The molecule has 0 aliphatic carbocycles. The molecular weight excluding hydrogens is 708 g/mol. The quantitative estimate of drug-likeness (QED) is 0.347. The van der Waals surface area contributed by atoms with Gasteiger partial charge in [-0.15, -0.1) is 0 Å². The maximum atomic E-state index is 11.2. The van der Waals surface area contributed by atoms with Crippen molar-refractivity contribution in [2.45, 2.75) is 0 Å². The van der Waals surface area contributed by atoms with Crippen molar-refractivity contribution >= 4 is 91.5 Å². The fraction of sp³-hybridized carbons (Fsp3) is 0.222. The molecule has 5 N–H and O–H groups in total. The molecular formula is C18H19Br5N2O4. The van der Waals surface area contributed by atoms with E-state index < -0.39 is 34.2 Å². The van der Waals surface area contributed by atoms with Gasteiger partial charge >= 0.3 is 0 Å². The number of benzene rings is 2. The van der Waals surface area contributed by atoms with Crippen LogP contribution in [0.2, 0.25) is 0 Å². The van der Waals surface area contributed by atoms with Crippen LogP contribution in [0.5, 0.6) is 11.5 Å². The molecule has 0 fully saturated rings. The number of hydrogen-bond donors (Lipinski definition) is 3. The van der Waals surface area contributed by atoms with Crippen LogP contribution in [0.25, 0.3) is 0 Å². The lowest BCUT2D eigenvalue weighted by Crippen LogP contribution is -2.13. The highest BCUT2D eigenvalue weighted by molar-refractivity contribution is 9.12. The number of alkyl halides is 3. The van der Waals surface area contributed by atoms with Gasteiger partial charge < -0.3 is 21.3 Å². The van der Waals surface area contributed by atoms with Crippen LogP contribution in [0.15, 0.2) is 45.3 Å². The van der Waals surface area contributed by atoms with E-state index in [-0.39, 0.29) is 22.6 Å². The molecule has 0 spiro atoms. The first-order chi connectivity index (χ1) is 16.4. The molecule has 0 atom stereocenters. The zero-order valence-corrected chi connectivity index (χ0v) is 22.1. The highest BCUT2D eigenvalue weighted by Gasteiger charge is 2.09. The second-order valence-corrected chi connectivity index (χ2v) is 7.54. The third-order valence-corrected chi connectivity index (χ3v) is 4.74. The number of hydrogen-bond acceptors (Lipinski definition) is 4. The van der Waals surface area contributed by atoms with Gasteiger partial charge in [0.1, 0.15) is 11.5 Å². The van der Waals surface area contributed by atoms with E-state index in [2.05, 4.69) is 79.6 Å². The van der Waals surface area contributed by atoms with E-state index in [4.69, 9.17) is 32.3 Å². The minimum atomic E-state index is -2.66. The standard InChI is InChI=1S/C9H9Br2NO2.C7H6BrNO2.C2H4Br2/c10-3-4-14-8-2-1-6(11)5-7(8)9(12)13;8-4-1-2-6(10)5(3-4)7(9)11;3-1-2-4/h1-2,5H,3-4H2,(H2,12,13);1-3,10H,(H2,9,11);1-2H2/i3D2,4D2;;1D2,2D2. The van der Waals surface area contributed by atoms with Crippen molar-refractivity contribution in [1.82, 2.24) is 0 Å². The number of ether oxygens (including phenoxy) is 1. The van der Waals surface area contributed by atoms with Crippen LogP contribution in [0.4, 0.5) is 0 Å². The maximum Gasteiger partial charge on any atom is 0.252 e. The van der Waals surface area contributed by atoms with Crippen LogP contribution in [-0.4, -0.2) is 39.3 Å². The summed E-state index contributed by atoms with van der Waals surface area (Å²) in [7, 11) is 0. The van der Waals surface area contributed by atoms with Crippen LogP contribution in [-0.2, 0) is 0 Å². The van der Waals surface area contributed by atoms with Crippen LogP contribution in [0.1, 0.15) is 31.7 Å². The van der Waals surface area contributed by atoms with Crippen molar-refractivity contribution in [1.29, 1.82) is 0 Å². The van der Waals surface area contributed by atoms with E-state index in [0.717, 1.165) is 0 Å². The first-order valence-electron chi connectivity index (χ1n) is 11.0. The van der Waals surface area contributed by atoms with Crippen molar-refractivity contribution < 1.29 is 30.4 Å². The summed E-state index contributed by atoms with van der Waals surface area (Å²) in [5.74, 6) is -1.65. The normalized spacial score (nSPS) is 15.5. The van der Waals surface area contributed by atoms with E-state index in [0.29, 0.717) is 8.95 Å². The summed E-state index contributed by atoms with van der Waals surface area (Å²) in [4.78, 5) is 21.8. The highest BCUT2D eigenvalue weighted by Crippen LogP contribution is 2.23. The van der Waals surface area contributed by atoms with Gasteiger partial charge in [-0.1, -0.05) is 79.6 Å². The zero-order chi connectivity index (χ0) is 29.6. The van der Waals surface area contributed by atoms with Gasteiger partial charge in [-0.25, -0.2) is 0 Å².